The molecule has 6 nitrogen and oxygen atoms in total. The molecule has 3 unspecified atom stereocenters. The van der Waals surface area contributed by atoms with Crippen molar-refractivity contribution in [2.24, 2.45) is 0 Å². The Hall–Kier alpha value is -0.510. The average molecular weight is 349 g/mol. The number of hydrogen-bond acceptors (Lipinski definition) is 6. The molecule has 0 bridgehead atoms. The molecule has 3 atom stereocenters. The number of fused-ring (bicyclic) bond motifs is 1. The molecule has 22 heavy (non-hydrogen) atoms. The molecule has 1 aliphatic heterocycles. The van der Waals surface area contributed by atoms with Crippen LogP contribution in [0.15, 0.2) is 15.7 Å². The van der Waals surface area contributed by atoms with Crippen LogP contribution in [0.5, 0.6) is 0 Å². The normalized spacial score (nSPS) is 23.9. The van der Waals surface area contributed by atoms with Crippen LogP contribution in [0.25, 0.3) is 0 Å². The zero-order chi connectivity index (χ0) is 16.3. The summed E-state index contributed by atoms with van der Waals surface area (Å²) < 4.78 is 43.9. The molecule has 0 N–H and O–H groups in total. The van der Waals surface area contributed by atoms with Crippen molar-refractivity contribution >= 4 is 21.4 Å². The second-order valence-electron chi connectivity index (χ2n) is 4.94. The predicted octanol–water partition coefficient (Wildman–Crippen LogP) is 2.58. The van der Waals surface area contributed by atoms with E-state index < -0.39 is 22.5 Å². The summed E-state index contributed by atoms with van der Waals surface area (Å²) in [7, 11) is -3.54. The van der Waals surface area contributed by atoms with Crippen LogP contribution in [0.2, 0.25) is 0 Å². The Morgan fingerprint density at radius 3 is 2.64 bits per heavy atom. The summed E-state index contributed by atoms with van der Waals surface area (Å²) in [4.78, 5) is 0. The van der Waals surface area contributed by atoms with Crippen LogP contribution in [0.3, 0.4) is 0 Å². The van der Waals surface area contributed by atoms with Gasteiger partial charge in [-0.25, -0.2) is 8.42 Å². The van der Waals surface area contributed by atoms with Gasteiger partial charge in [0, 0.05) is 25.3 Å². The Balaban J connectivity index is 2.30. The lowest BCUT2D eigenvalue weighted by atomic mass is 10.2. The third-order valence-electron chi connectivity index (χ3n) is 3.46. The van der Waals surface area contributed by atoms with E-state index in [-0.39, 0.29) is 12.6 Å². The standard InChI is InChI=1S/C14H23NO5S2/c1-5-18-10(3)15-9-13(20-11(4)19-6-2)12-7-8-21-14(12)22(15,16)17/h7-8,10-11,13H,5-6,9H2,1-4H3. The number of rotatable bonds is 7. The van der Waals surface area contributed by atoms with Crippen LogP contribution in [0.4, 0.5) is 0 Å². The van der Waals surface area contributed by atoms with E-state index in [2.05, 4.69) is 0 Å². The Bertz CT molecular complexity index is 586. The molecular formula is C14H23NO5S2. The molecular weight excluding hydrogens is 326 g/mol. The van der Waals surface area contributed by atoms with Crippen LogP contribution >= 0.6 is 11.3 Å². The molecule has 0 spiro atoms. The van der Waals surface area contributed by atoms with Crippen molar-refractivity contribution in [2.45, 2.75) is 50.5 Å². The molecule has 1 aromatic heterocycles. The summed E-state index contributed by atoms with van der Waals surface area (Å²) >= 11 is 1.21. The number of sulfonamides is 1. The molecule has 0 aromatic carbocycles. The first kappa shape index (κ1) is 17.8. The van der Waals surface area contributed by atoms with Crippen LogP contribution < -0.4 is 0 Å². The predicted molar refractivity (Wildman–Crippen MR) is 84.2 cm³/mol. The molecule has 1 aromatic rings. The molecule has 1 aliphatic rings. The van der Waals surface area contributed by atoms with Gasteiger partial charge in [0.25, 0.3) is 10.0 Å². The van der Waals surface area contributed by atoms with Crippen LogP contribution in [-0.4, -0.2) is 45.0 Å². The fraction of sp³-hybridized carbons (Fsp3) is 0.714. The molecule has 0 aliphatic carbocycles. The van der Waals surface area contributed by atoms with Gasteiger partial charge in [-0.05, 0) is 39.1 Å². The van der Waals surface area contributed by atoms with Gasteiger partial charge in [-0.3, -0.25) is 0 Å². The lowest BCUT2D eigenvalue weighted by molar-refractivity contribution is -0.167. The van der Waals surface area contributed by atoms with Crippen molar-refractivity contribution in [3.63, 3.8) is 0 Å². The highest BCUT2D eigenvalue weighted by atomic mass is 32.2. The summed E-state index contributed by atoms with van der Waals surface area (Å²) in [5.74, 6) is 0. The lowest BCUT2D eigenvalue weighted by Crippen LogP contribution is -2.46. The van der Waals surface area contributed by atoms with Gasteiger partial charge in [0.05, 0.1) is 0 Å². The fourth-order valence-electron chi connectivity index (χ4n) is 2.51. The topological polar surface area (TPSA) is 65.1 Å². The zero-order valence-electron chi connectivity index (χ0n) is 13.3. The summed E-state index contributed by atoms with van der Waals surface area (Å²) in [6.07, 6.45) is -1.28. The molecule has 126 valence electrons. The Kier molecular flexibility index (Phi) is 5.98. The van der Waals surface area contributed by atoms with Crippen LogP contribution in [-0.2, 0) is 24.2 Å². The van der Waals surface area contributed by atoms with E-state index in [1.807, 2.05) is 26.8 Å². The maximum atomic E-state index is 12.7. The van der Waals surface area contributed by atoms with E-state index in [1.54, 1.807) is 12.3 Å². The number of thiophene rings is 1. The second-order valence-corrected chi connectivity index (χ2v) is 7.94. The van der Waals surface area contributed by atoms with Crippen molar-refractivity contribution < 1.29 is 22.6 Å². The third-order valence-corrected chi connectivity index (χ3v) is 6.87. The summed E-state index contributed by atoms with van der Waals surface area (Å²) in [5, 5.41) is 1.78. The first-order valence-corrected chi connectivity index (χ1v) is 9.71. The minimum absolute atomic E-state index is 0.227. The van der Waals surface area contributed by atoms with Gasteiger partial charge in [0.2, 0.25) is 0 Å². The van der Waals surface area contributed by atoms with Crippen molar-refractivity contribution in [3.05, 3.63) is 17.0 Å². The molecule has 2 rings (SSSR count). The highest BCUT2D eigenvalue weighted by Gasteiger charge is 2.41. The van der Waals surface area contributed by atoms with Gasteiger partial charge in [0.1, 0.15) is 16.5 Å². The van der Waals surface area contributed by atoms with Crippen LogP contribution in [0, 0.1) is 0 Å². The van der Waals surface area contributed by atoms with E-state index in [1.165, 1.54) is 15.6 Å². The van der Waals surface area contributed by atoms with Gasteiger partial charge in [-0.2, -0.15) is 4.31 Å². The summed E-state index contributed by atoms with van der Waals surface area (Å²) in [6.45, 7) is 8.51. The Labute approximate surface area is 136 Å². The smallest absolute Gasteiger partial charge is 0.255 e. The van der Waals surface area contributed by atoms with Crippen molar-refractivity contribution in [2.75, 3.05) is 19.8 Å². The minimum Gasteiger partial charge on any atom is -0.363 e. The fourth-order valence-corrected chi connectivity index (χ4v) is 5.62. The van der Waals surface area contributed by atoms with E-state index in [9.17, 15) is 8.42 Å². The van der Waals surface area contributed by atoms with Crippen molar-refractivity contribution in [1.82, 2.24) is 4.31 Å². The third kappa shape index (κ3) is 3.52. The molecule has 0 radical (unpaired) electrons. The largest absolute Gasteiger partial charge is 0.363 e. The Morgan fingerprint density at radius 2 is 2.00 bits per heavy atom. The molecule has 0 fully saturated rings. The first-order valence-electron chi connectivity index (χ1n) is 7.39. The molecule has 8 heteroatoms. The quantitative estimate of drug-likeness (QED) is 0.708. The molecule has 0 amide bonds. The van der Waals surface area contributed by atoms with E-state index in [0.29, 0.717) is 23.0 Å². The zero-order valence-corrected chi connectivity index (χ0v) is 14.9. The minimum atomic E-state index is -3.54. The van der Waals surface area contributed by atoms with Gasteiger partial charge < -0.3 is 14.2 Å². The van der Waals surface area contributed by atoms with Crippen molar-refractivity contribution in [1.29, 1.82) is 0 Å². The molecule has 0 saturated heterocycles. The van der Waals surface area contributed by atoms with Crippen molar-refractivity contribution in [3.8, 4) is 0 Å². The number of hydrogen-bond donors (Lipinski definition) is 0. The van der Waals surface area contributed by atoms with E-state index in [4.69, 9.17) is 14.2 Å². The second kappa shape index (κ2) is 7.37. The van der Waals surface area contributed by atoms with Gasteiger partial charge in [0.15, 0.2) is 6.29 Å². The molecule has 0 saturated carbocycles. The van der Waals surface area contributed by atoms with Gasteiger partial charge in [-0.15, -0.1) is 11.3 Å². The monoisotopic (exact) mass is 349 g/mol. The maximum Gasteiger partial charge on any atom is 0.255 e. The SMILES string of the molecule is CCOC(C)OC1CN(C(C)OCC)S(=O)(=O)c2sccc21. The first-order chi connectivity index (χ1) is 10.4. The van der Waals surface area contributed by atoms with E-state index in [0.717, 1.165) is 0 Å². The van der Waals surface area contributed by atoms with Gasteiger partial charge >= 0.3 is 0 Å². The highest BCUT2D eigenvalue weighted by molar-refractivity contribution is 7.91. The Morgan fingerprint density at radius 1 is 1.32 bits per heavy atom. The number of ether oxygens (including phenoxy) is 3. The average Bonchev–Trinajstić information content (AvgIpc) is 2.93. The maximum absolute atomic E-state index is 12.7. The molecule has 2 heterocycles. The summed E-state index contributed by atoms with van der Waals surface area (Å²) in [5.41, 5.74) is 0.705. The van der Waals surface area contributed by atoms with Gasteiger partial charge in [-0.1, -0.05) is 0 Å². The van der Waals surface area contributed by atoms with E-state index >= 15 is 0 Å². The lowest BCUT2D eigenvalue weighted by Gasteiger charge is -2.36. The highest BCUT2D eigenvalue weighted by Crippen LogP contribution is 2.39. The summed E-state index contributed by atoms with van der Waals surface area (Å²) in [6, 6.07) is 1.81. The number of nitrogens with zero attached hydrogens (tertiary/aromatic N) is 1. The van der Waals surface area contributed by atoms with Crippen LogP contribution in [0.1, 0.15) is 39.4 Å².